The van der Waals surface area contributed by atoms with Crippen LogP contribution < -0.4 is 5.48 Å². The first-order chi connectivity index (χ1) is 9.79. The summed E-state index contributed by atoms with van der Waals surface area (Å²) in [7, 11) is 0. The molecule has 4 nitrogen and oxygen atoms in total. The summed E-state index contributed by atoms with van der Waals surface area (Å²) in [6.45, 7) is 0. The van der Waals surface area contributed by atoms with Gasteiger partial charge in [0.15, 0.2) is 5.78 Å². The van der Waals surface area contributed by atoms with E-state index in [1.807, 2.05) is 54.6 Å². The summed E-state index contributed by atoms with van der Waals surface area (Å²) in [6, 6.07) is 17.0. The normalized spacial score (nSPS) is 16.4. The number of carbonyl (C=O) groups excluding carboxylic acids is 1. The Morgan fingerprint density at radius 1 is 1.10 bits per heavy atom. The van der Waals surface area contributed by atoms with Crippen LogP contribution in [0.1, 0.15) is 17.0 Å². The fourth-order valence-electron chi connectivity index (χ4n) is 2.49. The molecule has 0 spiro atoms. The van der Waals surface area contributed by atoms with Crippen molar-refractivity contribution in [3.63, 3.8) is 0 Å². The number of rotatable bonds is 3. The molecular formula is C16H14N2O2. The molecule has 2 N–H and O–H groups in total. The Morgan fingerprint density at radius 3 is 2.55 bits per heavy atom. The lowest BCUT2D eigenvalue weighted by Gasteiger charge is -2.12. The van der Waals surface area contributed by atoms with E-state index in [0.717, 1.165) is 16.8 Å². The highest BCUT2D eigenvalue weighted by Crippen LogP contribution is 2.35. The molecule has 0 saturated carbocycles. The van der Waals surface area contributed by atoms with Crippen molar-refractivity contribution >= 4 is 17.3 Å². The average molecular weight is 266 g/mol. The summed E-state index contributed by atoms with van der Waals surface area (Å²) in [5.74, 6) is -0.204. The average Bonchev–Trinajstić information content (AvgIpc) is 2.86. The minimum Gasteiger partial charge on any atom is -0.298 e. The highest BCUT2D eigenvalue weighted by molar-refractivity contribution is 6.13. The van der Waals surface area contributed by atoms with Crippen molar-refractivity contribution in [1.29, 1.82) is 0 Å². The van der Waals surface area contributed by atoms with Crippen molar-refractivity contribution in [3.8, 4) is 0 Å². The van der Waals surface area contributed by atoms with E-state index < -0.39 is 5.92 Å². The lowest BCUT2D eigenvalue weighted by Crippen LogP contribution is -2.30. The number of fused-ring (bicyclic) bond motifs is 1. The molecular weight excluding hydrogens is 252 g/mol. The molecule has 100 valence electrons. The summed E-state index contributed by atoms with van der Waals surface area (Å²) in [5.41, 5.74) is 4.58. The van der Waals surface area contributed by atoms with E-state index in [1.165, 1.54) is 0 Å². The second-order valence-electron chi connectivity index (χ2n) is 4.73. The Labute approximate surface area is 116 Å². The number of ketones is 1. The molecule has 0 radical (unpaired) electrons. The standard InChI is InChI=1S/C16H14N2O2/c19-14(10-11-6-2-1-3-7-11)15-12-8-4-5-9-13(12)17-16(15)18-20/h1-9,15,20H,10H2,(H,17,18)/t15-/m0/s1. The number of Topliss-reactive ketones (excluding diaryl/α,β-unsaturated/α-hetero) is 1. The van der Waals surface area contributed by atoms with Crippen LogP contribution in [0.2, 0.25) is 0 Å². The van der Waals surface area contributed by atoms with Crippen LogP contribution in [-0.4, -0.2) is 16.8 Å². The number of benzene rings is 2. The van der Waals surface area contributed by atoms with Crippen molar-refractivity contribution in [2.75, 3.05) is 0 Å². The molecule has 0 fully saturated rings. The molecule has 1 atom stereocenters. The SMILES string of the molecule is O=C(Cc1ccccc1)[C@H]1C(NO)=Nc2ccccc21. The number of hydrogen-bond donors (Lipinski definition) is 2. The molecule has 0 aliphatic carbocycles. The Bertz CT molecular complexity index is 665. The number of para-hydroxylation sites is 1. The van der Waals surface area contributed by atoms with Gasteiger partial charge in [-0.2, -0.15) is 0 Å². The van der Waals surface area contributed by atoms with Crippen molar-refractivity contribution in [2.24, 2.45) is 4.99 Å². The van der Waals surface area contributed by atoms with E-state index >= 15 is 0 Å². The monoisotopic (exact) mass is 266 g/mol. The largest absolute Gasteiger partial charge is 0.298 e. The van der Waals surface area contributed by atoms with Crippen molar-refractivity contribution in [1.82, 2.24) is 5.48 Å². The van der Waals surface area contributed by atoms with Gasteiger partial charge in [0, 0.05) is 6.42 Å². The molecule has 0 amide bonds. The minimum absolute atomic E-state index is 0.0152. The molecule has 0 unspecified atom stereocenters. The Hall–Kier alpha value is -2.46. The maximum absolute atomic E-state index is 12.5. The first-order valence-electron chi connectivity index (χ1n) is 6.44. The number of hydrogen-bond acceptors (Lipinski definition) is 4. The zero-order valence-corrected chi connectivity index (χ0v) is 10.8. The van der Waals surface area contributed by atoms with Crippen LogP contribution in [0.25, 0.3) is 0 Å². The van der Waals surface area contributed by atoms with Crippen molar-refractivity contribution < 1.29 is 10.0 Å². The number of hydroxylamine groups is 1. The van der Waals surface area contributed by atoms with Crippen molar-refractivity contribution in [3.05, 3.63) is 65.7 Å². The number of amidine groups is 1. The maximum Gasteiger partial charge on any atom is 0.152 e. The predicted octanol–water partition coefficient (Wildman–Crippen LogP) is 2.60. The molecule has 4 heteroatoms. The predicted molar refractivity (Wildman–Crippen MR) is 76.4 cm³/mol. The lowest BCUT2D eigenvalue weighted by molar-refractivity contribution is -0.118. The van der Waals surface area contributed by atoms with Crippen LogP contribution in [-0.2, 0) is 11.2 Å². The zero-order chi connectivity index (χ0) is 13.9. The molecule has 0 bridgehead atoms. The summed E-state index contributed by atoms with van der Waals surface area (Å²) in [5, 5.41) is 9.19. The highest BCUT2D eigenvalue weighted by atomic mass is 16.5. The second kappa shape index (κ2) is 5.27. The van der Waals surface area contributed by atoms with E-state index in [0.29, 0.717) is 12.3 Å². The lowest BCUT2D eigenvalue weighted by atomic mass is 9.91. The molecule has 1 aliphatic heterocycles. The molecule has 0 saturated heterocycles. The highest BCUT2D eigenvalue weighted by Gasteiger charge is 2.32. The number of nitrogens with one attached hydrogen (secondary N) is 1. The molecule has 2 aromatic rings. The Morgan fingerprint density at radius 2 is 1.80 bits per heavy atom. The third-order valence-electron chi connectivity index (χ3n) is 3.42. The quantitative estimate of drug-likeness (QED) is 0.839. The van der Waals surface area contributed by atoms with Gasteiger partial charge in [-0.05, 0) is 17.2 Å². The molecule has 3 rings (SSSR count). The minimum atomic E-state index is -0.517. The van der Waals surface area contributed by atoms with Gasteiger partial charge in [-0.25, -0.2) is 4.99 Å². The van der Waals surface area contributed by atoms with Crippen LogP contribution in [0.4, 0.5) is 5.69 Å². The van der Waals surface area contributed by atoms with Crippen molar-refractivity contribution in [2.45, 2.75) is 12.3 Å². The Kier molecular flexibility index (Phi) is 3.31. The first-order valence-corrected chi connectivity index (χ1v) is 6.44. The van der Waals surface area contributed by atoms with Crippen LogP contribution >= 0.6 is 0 Å². The maximum atomic E-state index is 12.5. The smallest absolute Gasteiger partial charge is 0.152 e. The van der Waals surface area contributed by atoms with Gasteiger partial charge in [-0.1, -0.05) is 48.5 Å². The van der Waals surface area contributed by atoms with Gasteiger partial charge in [-0.3, -0.25) is 15.5 Å². The molecule has 1 aliphatic rings. The van der Waals surface area contributed by atoms with E-state index in [2.05, 4.69) is 10.5 Å². The number of carbonyl (C=O) groups is 1. The summed E-state index contributed by atoms with van der Waals surface area (Å²) in [4.78, 5) is 16.8. The van der Waals surface area contributed by atoms with E-state index in [9.17, 15) is 10.0 Å². The molecule has 2 aromatic carbocycles. The molecule has 1 heterocycles. The van der Waals surface area contributed by atoms with Crippen LogP contribution in [0, 0.1) is 0 Å². The number of nitrogens with zero attached hydrogens (tertiary/aromatic N) is 1. The van der Waals surface area contributed by atoms with E-state index in [4.69, 9.17) is 0 Å². The summed E-state index contributed by atoms with van der Waals surface area (Å²) in [6.07, 6.45) is 0.320. The van der Waals surface area contributed by atoms with E-state index in [-0.39, 0.29) is 5.78 Å². The van der Waals surface area contributed by atoms with Gasteiger partial charge in [0.1, 0.15) is 11.8 Å². The van der Waals surface area contributed by atoms with Crippen LogP contribution in [0.3, 0.4) is 0 Å². The Balaban J connectivity index is 1.89. The van der Waals surface area contributed by atoms with Gasteiger partial charge in [0.25, 0.3) is 0 Å². The fraction of sp³-hybridized carbons (Fsp3) is 0.125. The number of aliphatic imine (C=N–C) groups is 1. The van der Waals surface area contributed by atoms with Gasteiger partial charge >= 0.3 is 0 Å². The van der Waals surface area contributed by atoms with E-state index in [1.54, 1.807) is 0 Å². The zero-order valence-electron chi connectivity index (χ0n) is 10.8. The molecule has 0 aromatic heterocycles. The topological polar surface area (TPSA) is 61.7 Å². The third kappa shape index (κ3) is 2.21. The molecule has 20 heavy (non-hydrogen) atoms. The third-order valence-corrected chi connectivity index (χ3v) is 3.42. The second-order valence-corrected chi connectivity index (χ2v) is 4.73. The van der Waals surface area contributed by atoms with Gasteiger partial charge in [0.2, 0.25) is 0 Å². The van der Waals surface area contributed by atoms with Crippen LogP contribution in [0.5, 0.6) is 0 Å². The summed E-state index contributed by atoms with van der Waals surface area (Å²) < 4.78 is 0. The van der Waals surface area contributed by atoms with Gasteiger partial charge in [-0.15, -0.1) is 0 Å². The van der Waals surface area contributed by atoms with Gasteiger partial charge in [0.05, 0.1) is 5.69 Å². The first kappa shape index (κ1) is 12.6. The van der Waals surface area contributed by atoms with Crippen LogP contribution in [0.15, 0.2) is 59.6 Å². The summed E-state index contributed by atoms with van der Waals surface area (Å²) >= 11 is 0. The fourth-order valence-corrected chi connectivity index (χ4v) is 2.49. The van der Waals surface area contributed by atoms with Gasteiger partial charge < -0.3 is 0 Å².